The van der Waals surface area contributed by atoms with Crippen LogP contribution in [0.1, 0.15) is 24.0 Å². The van der Waals surface area contributed by atoms with Gasteiger partial charge in [0, 0.05) is 13.1 Å². The van der Waals surface area contributed by atoms with Crippen molar-refractivity contribution >= 4 is 5.97 Å². The van der Waals surface area contributed by atoms with Crippen LogP contribution in [0.25, 0.3) is 0 Å². The van der Waals surface area contributed by atoms with Crippen molar-refractivity contribution in [3.63, 3.8) is 0 Å². The second-order valence-corrected chi connectivity index (χ2v) is 4.77. The zero-order valence-electron chi connectivity index (χ0n) is 9.79. The Balaban J connectivity index is 1.86. The maximum atomic E-state index is 13.0. The number of carboxylic acid groups (broad SMARTS) is 1. The van der Waals surface area contributed by atoms with Crippen molar-refractivity contribution in [2.75, 3.05) is 6.54 Å². The normalized spacial score (nSPS) is 16.8. The highest BCUT2D eigenvalue weighted by Gasteiger charge is 2.49. The van der Waals surface area contributed by atoms with Gasteiger partial charge in [0.2, 0.25) is 0 Å². The van der Waals surface area contributed by atoms with Gasteiger partial charge in [-0.05, 0) is 37.0 Å². The maximum Gasteiger partial charge on any atom is 0.310 e. The molecule has 0 aromatic heterocycles. The summed E-state index contributed by atoms with van der Waals surface area (Å²) in [6.45, 7) is 2.79. The quantitative estimate of drug-likeness (QED) is 0.824. The molecule has 0 amide bonds. The summed E-state index contributed by atoms with van der Waals surface area (Å²) in [5.41, 5.74) is 1.04. The Hall–Kier alpha value is -1.42. The first-order chi connectivity index (χ1) is 8.03. The monoisotopic (exact) mass is 237 g/mol. The van der Waals surface area contributed by atoms with Crippen LogP contribution in [0.2, 0.25) is 0 Å². The molecule has 3 nitrogen and oxygen atoms in total. The smallest absolute Gasteiger partial charge is 0.310 e. The zero-order valence-corrected chi connectivity index (χ0v) is 9.79. The topological polar surface area (TPSA) is 49.3 Å². The molecule has 0 spiro atoms. The van der Waals surface area contributed by atoms with Gasteiger partial charge in [-0.25, -0.2) is 4.39 Å². The first-order valence-electron chi connectivity index (χ1n) is 5.73. The average Bonchev–Trinajstić information content (AvgIpc) is 3.04. The summed E-state index contributed by atoms with van der Waals surface area (Å²) in [4.78, 5) is 10.9. The lowest BCUT2D eigenvalue weighted by molar-refractivity contribution is -0.143. The first kappa shape index (κ1) is 12.0. The highest BCUT2D eigenvalue weighted by molar-refractivity contribution is 5.78. The minimum atomic E-state index is -0.722. The third kappa shape index (κ3) is 2.64. The predicted molar refractivity (Wildman–Crippen MR) is 62.1 cm³/mol. The molecule has 0 atom stereocenters. The van der Waals surface area contributed by atoms with Gasteiger partial charge < -0.3 is 10.4 Å². The van der Waals surface area contributed by atoms with Gasteiger partial charge in [-0.1, -0.05) is 12.1 Å². The summed E-state index contributed by atoms with van der Waals surface area (Å²) in [6.07, 6.45) is 1.50. The molecule has 1 aromatic rings. The Morgan fingerprint density at radius 3 is 2.76 bits per heavy atom. The Bertz CT molecular complexity index is 441. The number of carboxylic acids is 1. The Morgan fingerprint density at radius 1 is 1.53 bits per heavy atom. The third-order valence-electron chi connectivity index (χ3n) is 3.32. The van der Waals surface area contributed by atoms with Crippen molar-refractivity contribution in [1.29, 1.82) is 0 Å². The summed E-state index contributed by atoms with van der Waals surface area (Å²) in [6, 6.07) is 4.94. The number of hydrogen-bond donors (Lipinski definition) is 2. The fourth-order valence-electron chi connectivity index (χ4n) is 1.88. The van der Waals surface area contributed by atoms with Crippen LogP contribution in [0.15, 0.2) is 18.2 Å². The fraction of sp³-hybridized carbons (Fsp3) is 0.462. The number of nitrogens with one attached hydrogen (secondary N) is 1. The van der Waals surface area contributed by atoms with Gasteiger partial charge in [0.1, 0.15) is 5.82 Å². The number of aryl methyl sites for hydroxylation is 1. The van der Waals surface area contributed by atoms with E-state index in [-0.39, 0.29) is 5.82 Å². The van der Waals surface area contributed by atoms with Crippen molar-refractivity contribution in [2.45, 2.75) is 26.3 Å². The second kappa shape index (κ2) is 4.45. The van der Waals surface area contributed by atoms with Crippen molar-refractivity contribution in [1.82, 2.24) is 5.32 Å². The molecule has 0 radical (unpaired) electrons. The Morgan fingerprint density at radius 2 is 2.24 bits per heavy atom. The van der Waals surface area contributed by atoms with E-state index in [4.69, 9.17) is 5.11 Å². The predicted octanol–water partition coefficient (Wildman–Crippen LogP) is 2.09. The molecule has 0 unspecified atom stereocenters. The standard InChI is InChI=1S/C13H16FNO2/c1-9-6-10(2-3-11(9)14)7-15-8-13(4-5-13)12(16)17/h2-3,6,15H,4-5,7-8H2,1H3,(H,16,17). The van der Waals surface area contributed by atoms with E-state index in [0.29, 0.717) is 18.7 Å². The van der Waals surface area contributed by atoms with Gasteiger partial charge in [-0.3, -0.25) is 4.79 Å². The van der Waals surface area contributed by atoms with Crippen LogP contribution in [-0.4, -0.2) is 17.6 Å². The molecular formula is C13H16FNO2. The van der Waals surface area contributed by atoms with Crippen LogP contribution in [0.4, 0.5) is 4.39 Å². The number of aliphatic carboxylic acids is 1. The van der Waals surface area contributed by atoms with E-state index < -0.39 is 11.4 Å². The lowest BCUT2D eigenvalue weighted by atomic mass is 10.1. The van der Waals surface area contributed by atoms with Gasteiger partial charge in [-0.2, -0.15) is 0 Å². The van der Waals surface area contributed by atoms with Crippen molar-refractivity contribution in [3.05, 3.63) is 35.1 Å². The molecule has 0 saturated heterocycles. The molecule has 1 aromatic carbocycles. The Labute approximate surface area is 99.7 Å². The minimum Gasteiger partial charge on any atom is -0.481 e. The van der Waals surface area contributed by atoms with E-state index >= 15 is 0 Å². The van der Waals surface area contributed by atoms with Crippen molar-refractivity contribution in [3.8, 4) is 0 Å². The van der Waals surface area contributed by atoms with Gasteiger partial charge in [0.15, 0.2) is 0 Å². The van der Waals surface area contributed by atoms with E-state index in [9.17, 15) is 9.18 Å². The van der Waals surface area contributed by atoms with Gasteiger partial charge in [0.05, 0.1) is 5.41 Å². The highest BCUT2D eigenvalue weighted by atomic mass is 19.1. The van der Waals surface area contributed by atoms with Gasteiger partial charge in [-0.15, -0.1) is 0 Å². The molecule has 92 valence electrons. The molecule has 2 N–H and O–H groups in total. The summed E-state index contributed by atoms with van der Waals surface area (Å²) >= 11 is 0. The average molecular weight is 237 g/mol. The lowest BCUT2D eigenvalue weighted by Crippen LogP contribution is -2.29. The molecule has 1 aliphatic rings. The van der Waals surface area contributed by atoms with Crippen LogP contribution in [-0.2, 0) is 11.3 Å². The zero-order chi connectivity index (χ0) is 12.5. The highest BCUT2D eigenvalue weighted by Crippen LogP contribution is 2.45. The molecule has 0 heterocycles. The third-order valence-corrected chi connectivity index (χ3v) is 3.32. The number of halogens is 1. The maximum absolute atomic E-state index is 13.0. The van der Waals surface area contributed by atoms with Crippen LogP contribution in [0.5, 0.6) is 0 Å². The first-order valence-corrected chi connectivity index (χ1v) is 5.73. The summed E-state index contributed by atoms with van der Waals surface area (Å²) in [7, 11) is 0. The Kier molecular flexibility index (Phi) is 3.15. The molecular weight excluding hydrogens is 221 g/mol. The summed E-state index contributed by atoms with van der Waals surface area (Å²) < 4.78 is 13.0. The molecule has 1 aliphatic carbocycles. The van der Waals surface area contributed by atoms with Crippen molar-refractivity contribution in [2.24, 2.45) is 5.41 Å². The minimum absolute atomic E-state index is 0.210. The fourth-order valence-corrected chi connectivity index (χ4v) is 1.88. The van der Waals surface area contributed by atoms with Crippen LogP contribution in [0, 0.1) is 18.2 Å². The van der Waals surface area contributed by atoms with E-state index in [2.05, 4.69) is 5.32 Å². The lowest BCUT2D eigenvalue weighted by Gasteiger charge is -2.11. The summed E-state index contributed by atoms with van der Waals surface area (Å²) in [5.74, 6) is -0.932. The molecule has 1 fully saturated rings. The molecule has 1 saturated carbocycles. The summed E-state index contributed by atoms with van der Waals surface area (Å²) in [5, 5.41) is 12.1. The van der Waals surface area contributed by atoms with Crippen molar-refractivity contribution < 1.29 is 14.3 Å². The van der Waals surface area contributed by atoms with Crippen LogP contribution >= 0.6 is 0 Å². The molecule has 0 aliphatic heterocycles. The molecule has 4 heteroatoms. The number of benzene rings is 1. The van der Waals surface area contributed by atoms with Gasteiger partial charge in [0.25, 0.3) is 0 Å². The van der Waals surface area contributed by atoms with E-state index in [0.717, 1.165) is 18.4 Å². The van der Waals surface area contributed by atoms with Crippen LogP contribution < -0.4 is 5.32 Å². The molecule has 17 heavy (non-hydrogen) atoms. The second-order valence-electron chi connectivity index (χ2n) is 4.77. The van der Waals surface area contributed by atoms with E-state index in [1.54, 1.807) is 19.1 Å². The van der Waals surface area contributed by atoms with E-state index in [1.165, 1.54) is 6.07 Å². The molecule has 2 rings (SSSR count). The van der Waals surface area contributed by atoms with Gasteiger partial charge >= 0.3 is 5.97 Å². The van der Waals surface area contributed by atoms with E-state index in [1.807, 2.05) is 0 Å². The number of carbonyl (C=O) groups is 1. The molecule has 0 bridgehead atoms. The largest absolute Gasteiger partial charge is 0.481 e. The number of hydrogen-bond acceptors (Lipinski definition) is 2. The number of rotatable bonds is 5. The van der Waals surface area contributed by atoms with Crippen LogP contribution in [0.3, 0.4) is 0 Å². The SMILES string of the molecule is Cc1cc(CNCC2(C(=O)O)CC2)ccc1F.